The summed E-state index contributed by atoms with van der Waals surface area (Å²) in [6, 6.07) is 2.03. The lowest BCUT2D eigenvalue weighted by Gasteiger charge is -2.20. The zero-order valence-electron chi connectivity index (χ0n) is 12.5. The fourth-order valence-electron chi connectivity index (χ4n) is 2.46. The Morgan fingerprint density at radius 3 is 2.71 bits per heavy atom. The predicted octanol–water partition coefficient (Wildman–Crippen LogP) is 3.81. The van der Waals surface area contributed by atoms with Gasteiger partial charge in [-0.25, -0.2) is 0 Å². The largest absolute Gasteiger partial charge is 0.310 e. The van der Waals surface area contributed by atoms with Crippen LogP contribution in [0.1, 0.15) is 36.8 Å². The molecule has 2 rings (SSSR count). The van der Waals surface area contributed by atoms with Crippen molar-refractivity contribution >= 4 is 23.2 Å². The third-order valence-electron chi connectivity index (χ3n) is 3.48. The molecule has 0 amide bonds. The molecule has 0 radical (unpaired) electrons. The molecule has 1 N–H and O–H groups in total. The molecular weight excluding hydrogens is 307 g/mol. The number of nitrogens with one attached hydrogen (secondary N) is 1. The Hall–Kier alpha value is -1.10. The molecule has 6 heteroatoms. The summed E-state index contributed by atoms with van der Waals surface area (Å²) in [5.74, 6) is 0. The highest BCUT2D eigenvalue weighted by Gasteiger charge is 2.20. The summed E-state index contributed by atoms with van der Waals surface area (Å²) < 4.78 is 1.96. The Morgan fingerprint density at radius 1 is 1.33 bits per heavy atom. The SMILES string of the molecule is CCNC(Cc1c(Cl)c(C)nn1CC)c1ccncc1Cl. The molecule has 2 aromatic heterocycles. The zero-order chi connectivity index (χ0) is 15.4. The van der Waals surface area contributed by atoms with Gasteiger partial charge in [0.2, 0.25) is 0 Å². The maximum absolute atomic E-state index is 6.41. The van der Waals surface area contributed by atoms with Gasteiger partial charge in [0.1, 0.15) is 0 Å². The van der Waals surface area contributed by atoms with Crippen LogP contribution in [0.5, 0.6) is 0 Å². The maximum Gasteiger partial charge on any atom is 0.0847 e. The first-order valence-corrected chi connectivity index (χ1v) is 7.88. The first-order valence-electron chi connectivity index (χ1n) is 7.13. The molecule has 0 fully saturated rings. The highest BCUT2D eigenvalue weighted by molar-refractivity contribution is 6.32. The lowest BCUT2D eigenvalue weighted by Crippen LogP contribution is -2.24. The molecule has 0 spiro atoms. The number of halogens is 2. The molecule has 2 heterocycles. The van der Waals surface area contributed by atoms with Crippen LogP contribution in [-0.2, 0) is 13.0 Å². The molecule has 1 atom stereocenters. The normalized spacial score (nSPS) is 12.6. The number of nitrogens with zero attached hydrogens (tertiary/aromatic N) is 3. The van der Waals surface area contributed by atoms with E-state index in [1.165, 1.54) is 0 Å². The molecule has 0 bridgehead atoms. The molecule has 2 aromatic rings. The third kappa shape index (κ3) is 3.57. The number of aryl methyl sites for hydroxylation is 2. The Balaban J connectivity index is 2.35. The Kier molecular flexibility index (Phi) is 5.62. The molecule has 21 heavy (non-hydrogen) atoms. The molecule has 114 valence electrons. The van der Waals surface area contributed by atoms with E-state index in [9.17, 15) is 0 Å². The second-order valence-electron chi connectivity index (χ2n) is 4.87. The average molecular weight is 327 g/mol. The van der Waals surface area contributed by atoms with Crippen LogP contribution in [0, 0.1) is 6.92 Å². The van der Waals surface area contributed by atoms with E-state index < -0.39 is 0 Å². The van der Waals surface area contributed by atoms with Crippen LogP contribution in [0.4, 0.5) is 0 Å². The van der Waals surface area contributed by atoms with Gasteiger partial charge in [0, 0.05) is 31.4 Å². The quantitative estimate of drug-likeness (QED) is 0.877. The summed E-state index contributed by atoms with van der Waals surface area (Å²) in [5, 5.41) is 9.34. The monoisotopic (exact) mass is 326 g/mol. The van der Waals surface area contributed by atoms with Gasteiger partial charge >= 0.3 is 0 Å². The topological polar surface area (TPSA) is 42.7 Å². The fraction of sp³-hybridized carbons (Fsp3) is 0.467. The summed E-state index contributed by atoms with van der Waals surface area (Å²) in [6.45, 7) is 7.71. The van der Waals surface area contributed by atoms with Crippen molar-refractivity contribution in [1.29, 1.82) is 0 Å². The van der Waals surface area contributed by atoms with Gasteiger partial charge in [-0.2, -0.15) is 5.10 Å². The zero-order valence-corrected chi connectivity index (χ0v) is 14.0. The van der Waals surface area contributed by atoms with Gasteiger partial charge in [-0.1, -0.05) is 30.1 Å². The minimum absolute atomic E-state index is 0.0874. The number of aromatic nitrogens is 3. The van der Waals surface area contributed by atoms with Crippen molar-refractivity contribution in [2.75, 3.05) is 6.54 Å². The second kappa shape index (κ2) is 7.25. The molecule has 0 aromatic carbocycles. The predicted molar refractivity (Wildman–Crippen MR) is 87.0 cm³/mol. The number of hydrogen-bond donors (Lipinski definition) is 1. The van der Waals surface area contributed by atoms with Crippen molar-refractivity contribution in [3.8, 4) is 0 Å². The second-order valence-corrected chi connectivity index (χ2v) is 5.66. The summed E-state index contributed by atoms with van der Waals surface area (Å²) in [6.07, 6.45) is 4.17. The van der Waals surface area contributed by atoms with Crippen LogP contribution in [0.3, 0.4) is 0 Å². The van der Waals surface area contributed by atoms with Gasteiger partial charge in [-0.05, 0) is 32.0 Å². The maximum atomic E-state index is 6.41. The van der Waals surface area contributed by atoms with Crippen LogP contribution >= 0.6 is 23.2 Å². The van der Waals surface area contributed by atoms with E-state index in [0.29, 0.717) is 5.02 Å². The van der Waals surface area contributed by atoms with E-state index in [2.05, 4.69) is 29.2 Å². The van der Waals surface area contributed by atoms with E-state index >= 15 is 0 Å². The van der Waals surface area contributed by atoms with E-state index in [-0.39, 0.29) is 6.04 Å². The van der Waals surface area contributed by atoms with E-state index in [4.69, 9.17) is 23.2 Å². The average Bonchev–Trinajstić information content (AvgIpc) is 2.75. The summed E-state index contributed by atoms with van der Waals surface area (Å²) in [4.78, 5) is 4.05. The first-order chi connectivity index (χ1) is 10.1. The van der Waals surface area contributed by atoms with Gasteiger partial charge in [-0.15, -0.1) is 0 Å². The van der Waals surface area contributed by atoms with Crippen LogP contribution in [-0.4, -0.2) is 21.3 Å². The van der Waals surface area contributed by atoms with Gasteiger partial charge in [0.15, 0.2) is 0 Å². The Morgan fingerprint density at radius 2 is 2.10 bits per heavy atom. The summed E-state index contributed by atoms with van der Waals surface area (Å²) >= 11 is 12.7. The van der Waals surface area contributed by atoms with Crippen molar-refractivity contribution in [1.82, 2.24) is 20.1 Å². The lowest BCUT2D eigenvalue weighted by atomic mass is 10.0. The van der Waals surface area contributed by atoms with Crippen LogP contribution < -0.4 is 5.32 Å². The summed E-state index contributed by atoms with van der Waals surface area (Å²) in [7, 11) is 0. The van der Waals surface area contributed by atoms with E-state index in [0.717, 1.165) is 41.5 Å². The molecule has 0 saturated carbocycles. The standard InChI is InChI=1S/C15H20Cl2N4/c1-4-19-13(11-6-7-18-9-12(11)16)8-14-15(17)10(3)20-21(14)5-2/h6-7,9,13,19H,4-5,8H2,1-3H3. The van der Waals surface area contributed by atoms with Crippen LogP contribution in [0.25, 0.3) is 0 Å². The third-order valence-corrected chi connectivity index (χ3v) is 4.29. The molecular formula is C15H20Cl2N4. The lowest BCUT2D eigenvalue weighted by molar-refractivity contribution is 0.516. The smallest absolute Gasteiger partial charge is 0.0847 e. The van der Waals surface area contributed by atoms with Crippen LogP contribution in [0.15, 0.2) is 18.5 Å². The van der Waals surface area contributed by atoms with Gasteiger partial charge < -0.3 is 5.32 Å². The Bertz CT molecular complexity index is 610. The van der Waals surface area contributed by atoms with Crippen molar-refractivity contribution < 1.29 is 0 Å². The van der Waals surface area contributed by atoms with Gasteiger partial charge in [-0.3, -0.25) is 9.67 Å². The van der Waals surface area contributed by atoms with Crippen molar-refractivity contribution in [2.45, 2.75) is 39.8 Å². The van der Waals surface area contributed by atoms with Gasteiger partial charge in [0.25, 0.3) is 0 Å². The van der Waals surface area contributed by atoms with Gasteiger partial charge in [0.05, 0.1) is 21.4 Å². The van der Waals surface area contributed by atoms with E-state index in [1.807, 2.05) is 17.7 Å². The molecule has 0 saturated heterocycles. The number of rotatable bonds is 6. The number of hydrogen-bond acceptors (Lipinski definition) is 3. The highest BCUT2D eigenvalue weighted by Crippen LogP contribution is 2.29. The molecule has 0 aliphatic rings. The molecule has 4 nitrogen and oxygen atoms in total. The van der Waals surface area contributed by atoms with Crippen molar-refractivity contribution in [2.24, 2.45) is 0 Å². The minimum atomic E-state index is 0.0874. The van der Waals surface area contributed by atoms with Crippen molar-refractivity contribution in [3.63, 3.8) is 0 Å². The minimum Gasteiger partial charge on any atom is -0.310 e. The molecule has 0 aliphatic heterocycles. The number of pyridine rings is 1. The number of likely N-dealkylation sites (N-methyl/N-ethyl adjacent to an activating group) is 1. The summed E-state index contributed by atoms with van der Waals surface area (Å²) in [5.41, 5.74) is 2.94. The fourth-order valence-corrected chi connectivity index (χ4v) is 2.93. The molecule has 1 unspecified atom stereocenters. The van der Waals surface area contributed by atoms with E-state index in [1.54, 1.807) is 12.4 Å². The Labute approximate surface area is 135 Å². The van der Waals surface area contributed by atoms with Crippen molar-refractivity contribution in [3.05, 3.63) is 45.5 Å². The first kappa shape index (κ1) is 16.3. The highest BCUT2D eigenvalue weighted by atomic mass is 35.5. The molecule has 0 aliphatic carbocycles. The van der Waals surface area contributed by atoms with Crippen LogP contribution in [0.2, 0.25) is 10.0 Å².